The molecule has 4 unspecified atom stereocenters. The normalized spacial score (nSPS) is 14.7. The van der Waals surface area contributed by atoms with E-state index in [1.54, 1.807) is 6.08 Å². The van der Waals surface area contributed by atoms with E-state index in [1.165, 1.54) is 161 Å². The van der Waals surface area contributed by atoms with Crippen LogP contribution in [0, 0.1) is 0 Å². The van der Waals surface area contributed by atoms with Crippen molar-refractivity contribution in [2.45, 2.75) is 257 Å². The van der Waals surface area contributed by atoms with Gasteiger partial charge in [-0.1, -0.05) is 224 Å². The Labute approximate surface area is 370 Å². The van der Waals surface area contributed by atoms with E-state index in [1.807, 2.05) is 6.08 Å². The second kappa shape index (κ2) is 45.7. The summed E-state index contributed by atoms with van der Waals surface area (Å²) in [7, 11) is -4.40. The maximum atomic E-state index is 12.9. The van der Waals surface area contributed by atoms with E-state index in [0.717, 1.165) is 51.4 Å². The van der Waals surface area contributed by atoms with Crippen LogP contribution in [0.3, 0.4) is 0 Å². The molecule has 0 aromatic heterocycles. The molecule has 0 radical (unpaired) electrons. The first-order valence-corrected chi connectivity index (χ1v) is 26.7. The van der Waals surface area contributed by atoms with E-state index in [2.05, 4.69) is 43.5 Å². The van der Waals surface area contributed by atoms with Crippen LogP contribution in [0.5, 0.6) is 0 Å². The van der Waals surface area contributed by atoms with Gasteiger partial charge in [-0.25, -0.2) is 4.57 Å². The van der Waals surface area contributed by atoms with Gasteiger partial charge in [-0.05, 0) is 44.9 Å². The molecule has 0 saturated carbocycles. The molecule has 0 fully saturated rings. The van der Waals surface area contributed by atoms with E-state index in [-0.39, 0.29) is 19.6 Å². The van der Waals surface area contributed by atoms with E-state index in [9.17, 15) is 24.5 Å². The van der Waals surface area contributed by atoms with Crippen LogP contribution >= 0.6 is 7.82 Å². The van der Waals surface area contributed by atoms with Crippen molar-refractivity contribution in [3.05, 3.63) is 36.5 Å². The lowest BCUT2D eigenvalue weighted by Gasteiger charge is -2.24. The molecule has 0 aromatic rings. The van der Waals surface area contributed by atoms with Gasteiger partial charge in [0.1, 0.15) is 0 Å². The van der Waals surface area contributed by atoms with Crippen LogP contribution in [0.15, 0.2) is 36.5 Å². The molecule has 0 aliphatic carbocycles. The summed E-state index contributed by atoms with van der Waals surface area (Å²) < 4.78 is 22.2. The third-order valence-corrected chi connectivity index (χ3v) is 12.3. The number of carbonyl (C=O) groups excluding carboxylic acids is 1. The number of carbonyl (C=O) groups is 1. The van der Waals surface area contributed by atoms with Gasteiger partial charge in [-0.3, -0.25) is 13.8 Å². The molecule has 0 aliphatic heterocycles. The fourth-order valence-electron chi connectivity index (χ4n) is 7.51. The van der Waals surface area contributed by atoms with Gasteiger partial charge in [0.25, 0.3) is 0 Å². The maximum Gasteiger partial charge on any atom is 0.472 e. The second-order valence-corrected chi connectivity index (χ2v) is 18.6. The number of aliphatic hydroxyl groups is 2. The first-order chi connectivity index (χ1) is 29.3. The number of phosphoric acid groups is 1. The van der Waals surface area contributed by atoms with Crippen LogP contribution in [0.2, 0.25) is 0 Å². The van der Waals surface area contributed by atoms with Gasteiger partial charge in [0.2, 0.25) is 5.91 Å². The Balaban J connectivity index is 4.20. The summed E-state index contributed by atoms with van der Waals surface area (Å²) in [5.41, 5.74) is 5.38. The van der Waals surface area contributed by atoms with Crippen LogP contribution in [0.25, 0.3) is 0 Å². The van der Waals surface area contributed by atoms with Gasteiger partial charge in [0.05, 0.1) is 37.9 Å². The van der Waals surface area contributed by atoms with Crippen molar-refractivity contribution in [1.82, 2.24) is 5.32 Å². The average molecular weight is 869 g/mol. The number of nitrogens with one attached hydrogen (secondary N) is 1. The highest BCUT2D eigenvalue weighted by Crippen LogP contribution is 2.43. The molecule has 0 saturated heterocycles. The third-order valence-electron chi connectivity index (χ3n) is 11.3. The van der Waals surface area contributed by atoms with Crippen molar-refractivity contribution in [3.8, 4) is 0 Å². The quantitative estimate of drug-likeness (QED) is 0.0230. The second-order valence-electron chi connectivity index (χ2n) is 17.2. The summed E-state index contributed by atoms with van der Waals surface area (Å²) in [5, 5.41) is 24.2. The SMILES string of the molecule is CC/C=C\C/C=C\CCCCCCCCCCCCCCC(O)CC(=O)NC(COP(=O)(O)OCCN)C(O)/C=C/CCCCCCCCCCCCCCCCCCC. The number of hydrogen-bond donors (Lipinski definition) is 5. The number of amides is 1. The minimum atomic E-state index is -4.40. The van der Waals surface area contributed by atoms with E-state index in [0.29, 0.717) is 6.42 Å². The van der Waals surface area contributed by atoms with Crippen molar-refractivity contribution >= 4 is 13.7 Å². The van der Waals surface area contributed by atoms with Gasteiger partial charge < -0.3 is 26.2 Å². The van der Waals surface area contributed by atoms with Crippen LogP contribution in [-0.2, 0) is 18.4 Å². The minimum absolute atomic E-state index is 0.0492. The molecule has 0 spiro atoms. The Kier molecular flexibility index (Phi) is 44.7. The number of aliphatic hydroxyl groups excluding tert-OH is 2. The lowest BCUT2D eigenvalue weighted by molar-refractivity contribution is -0.124. The molecule has 1 amide bonds. The van der Waals surface area contributed by atoms with Crippen LogP contribution in [0.1, 0.15) is 239 Å². The zero-order valence-electron chi connectivity index (χ0n) is 39.1. The van der Waals surface area contributed by atoms with Crippen LogP contribution in [0.4, 0.5) is 0 Å². The summed E-state index contributed by atoms with van der Waals surface area (Å²) in [6.07, 6.45) is 52.3. The summed E-state index contributed by atoms with van der Waals surface area (Å²) in [6.45, 7) is 3.90. The van der Waals surface area contributed by atoms with Crippen molar-refractivity contribution in [1.29, 1.82) is 0 Å². The highest BCUT2D eigenvalue weighted by atomic mass is 31.2. The molecular weight excluding hydrogens is 772 g/mol. The Morgan fingerprint density at radius 1 is 0.600 bits per heavy atom. The number of hydrogen-bond acceptors (Lipinski definition) is 7. The van der Waals surface area contributed by atoms with E-state index in [4.69, 9.17) is 14.8 Å². The summed E-state index contributed by atoms with van der Waals surface area (Å²) in [6, 6.07) is -0.983. The molecule has 9 nitrogen and oxygen atoms in total. The summed E-state index contributed by atoms with van der Waals surface area (Å²) in [5.74, 6) is -0.445. The van der Waals surface area contributed by atoms with Crippen molar-refractivity contribution in [2.24, 2.45) is 5.73 Å². The van der Waals surface area contributed by atoms with Crippen LogP contribution in [-0.4, -0.2) is 59.0 Å². The lowest BCUT2D eigenvalue weighted by Crippen LogP contribution is -2.46. The fourth-order valence-corrected chi connectivity index (χ4v) is 8.27. The zero-order valence-corrected chi connectivity index (χ0v) is 40.0. The maximum absolute atomic E-state index is 12.9. The topological polar surface area (TPSA) is 151 Å². The van der Waals surface area contributed by atoms with Gasteiger partial charge >= 0.3 is 7.82 Å². The van der Waals surface area contributed by atoms with Gasteiger partial charge in [-0.2, -0.15) is 0 Å². The lowest BCUT2D eigenvalue weighted by atomic mass is 10.0. The number of rotatable bonds is 47. The number of unbranched alkanes of at least 4 members (excludes halogenated alkanes) is 29. The predicted octanol–water partition coefficient (Wildman–Crippen LogP) is 13.6. The highest BCUT2D eigenvalue weighted by molar-refractivity contribution is 7.47. The highest BCUT2D eigenvalue weighted by Gasteiger charge is 2.27. The smallest absolute Gasteiger partial charge is 0.393 e. The summed E-state index contributed by atoms with van der Waals surface area (Å²) in [4.78, 5) is 22.9. The Hall–Kier alpha value is -1.32. The molecule has 0 bridgehead atoms. The van der Waals surface area contributed by atoms with Gasteiger partial charge in [-0.15, -0.1) is 0 Å². The predicted molar refractivity (Wildman–Crippen MR) is 255 cm³/mol. The van der Waals surface area contributed by atoms with E-state index >= 15 is 0 Å². The molecule has 6 N–H and O–H groups in total. The molecule has 10 heteroatoms. The molecule has 4 atom stereocenters. The van der Waals surface area contributed by atoms with Crippen molar-refractivity contribution < 1.29 is 33.5 Å². The van der Waals surface area contributed by atoms with Crippen molar-refractivity contribution in [2.75, 3.05) is 19.8 Å². The molecule has 0 aliphatic rings. The van der Waals surface area contributed by atoms with Gasteiger partial charge in [0, 0.05) is 6.54 Å². The van der Waals surface area contributed by atoms with Crippen LogP contribution < -0.4 is 11.1 Å². The first-order valence-electron chi connectivity index (χ1n) is 25.2. The standard InChI is InChI=1S/C50H97N2O7P/c1-3-5-7-9-11-13-15-17-19-21-23-25-27-29-31-33-35-37-39-41-47(53)45-50(55)52-48(46-59-60(56,57)58-44-43-51)49(54)42-40-38-36-34-32-30-28-26-24-22-20-18-16-14-12-10-8-6-4-2/h5,7,11,13,40,42,47-49,53-54H,3-4,6,8-10,12,14-39,41,43-46,51H2,1-2H3,(H,52,55)(H,56,57)/b7-5-,13-11-,42-40+. The third kappa shape index (κ3) is 43.3. The Bertz CT molecular complexity index is 1060. The molecule has 354 valence electrons. The zero-order chi connectivity index (χ0) is 44.0. The minimum Gasteiger partial charge on any atom is -0.393 e. The molecule has 0 rings (SSSR count). The first kappa shape index (κ1) is 58.7. The molecular formula is C50H97N2O7P. The number of nitrogens with two attached hydrogens (primary N) is 1. The monoisotopic (exact) mass is 869 g/mol. The molecule has 0 heterocycles. The fraction of sp³-hybridized carbons (Fsp3) is 0.860. The van der Waals surface area contributed by atoms with E-state index < -0.39 is 38.6 Å². The number of phosphoric ester groups is 1. The number of allylic oxidation sites excluding steroid dienone is 5. The van der Waals surface area contributed by atoms with Crippen molar-refractivity contribution in [3.63, 3.8) is 0 Å². The summed E-state index contributed by atoms with van der Waals surface area (Å²) >= 11 is 0. The Morgan fingerprint density at radius 2 is 1.03 bits per heavy atom. The average Bonchev–Trinajstić information content (AvgIpc) is 3.23. The molecule has 0 aromatic carbocycles. The molecule has 60 heavy (non-hydrogen) atoms. The van der Waals surface area contributed by atoms with Gasteiger partial charge in [0.15, 0.2) is 0 Å². The largest absolute Gasteiger partial charge is 0.472 e. The Morgan fingerprint density at radius 3 is 1.50 bits per heavy atom.